The summed E-state index contributed by atoms with van der Waals surface area (Å²) >= 11 is 0. The Kier molecular flexibility index (Phi) is 22.0. The number of fused-ring (bicyclic) bond motifs is 1. The minimum Gasteiger partial charge on any atom is -0.748 e. The normalized spacial score (nSPS) is 18.6. The second kappa shape index (κ2) is 22.1. The number of imide groups is 1. The molecule has 2 aliphatic heterocycles. The van der Waals surface area contributed by atoms with Gasteiger partial charge in [-0.1, -0.05) is 38.2 Å². The first-order chi connectivity index (χ1) is 24.3. The van der Waals surface area contributed by atoms with E-state index in [0.29, 0.717) is 21.8 Å². The molecule has 1 atom stereocenters. The fourth-order valence-corrected chi connectivity index (χ4v) is 7.73. The van der Waals surface area contributed by atoms with Gasteiger partial charge < -0.3 is 23.1 Å². The number of allylic oxidation sites excluding steroid dienone is 7. The molecule has 0 radical (unpaired) electrons. The quantitative estimate of drug-likeness (QED) is 0.0343. The van der Waals surface area contributed by atoms with Crippen LogP contribution in [0, 0.1) is 5.92 Å². The van der Waals surface area contributed by atoms with Crippen LogP contribution in [0.15, 0.2) is 100.0 Å². The van der Waals surface area contributed by atoms with Crippen LogP contribution in [0.1, 0.15) is 32.3 Å². The van der Waals surface area contributed by atoms with Crippen molar-refractivity contribution in [2.24, 2.45) is 5.92 Å². The molecule has 2 amide bonds. The predicted molar refractivity (Wildman–Crippen MR) is 183 cm³/mol. The third kappa shape index (κ3) is 14.6. The molecule has 2 heterocycles. The molecule has 0 aromatic heterocycles. The number of hydrogen-bond donors (Lipinski definition) is 0. The van der Waals surface area contributed by atoms with Gasteiger partial charge in [-0.05, 0) is 73.0 Å². The molecule has 0 N–H and O–H groups in total. The molecule has 17 nitrogen and oxygen atoms in total. The van der Waals surface area contributed by atoms with Gasteiger partial charge in [-0.25, -0.2) is 38.6 Å². The monoisotopic (exact) mass is 902 g/mol. The standard InChI is InChI=1S/C32H34N2O15S4.4Na/c1-32(2)26-20-23(53(47,48)49)15-16-27(26)33(17-19-51(41,42)43)28(32)10-6-4-3-5-8-24-29(35)25(9-7-18-50(38,39)40)31(37)34(30(24)36)21-11-13-22(14-12-21)52(44,45)46;;;;/h3-6,8,10-16,20,25H,7,9,17-19H2,1-2H3,(H,38,39,40)(H,41,42,43)(H,44,45,46)(H,47,48,49);;;;/q;4*+1/p-4/b5-3+,6-4+,24-8-,28-10+;;;;. The Balaban J connectivity index is 0.00000784. The van der Waals surface area contributed by atoms with E-state index in [0.717, 1.165) is 36.4 Å². The van der Waals surface area contributed by atoms with Crippen molar-refractivity contribution in [1.82, 2.24) is 0 Å². The van der Waals surface area contributed by atoms with E-state index in [1.165, 1.54) is 47.4 Å². The maximum atomic E-state index is 13.4. The molecule has 2 aromatic rings. The average Bonchev–Trinajstić information content (AvgIpc) is 3.24. The van der Waals surface area contributed by atoms with Crippen molar-refractivity contribution in [3.8, 4) is 0 Å². The number of rotatable bonds is 13. The van der Waals surface area contributed by atoms with Crippen molar-refractivity contribution in [2.75, 3.05) is 27.9 Å². The molecule has 25 heteroatoms. The number of piperidine rings is 1. The summed E-state index contributed by atoms with van der Waals surface area (Å²) in [6.45, 7) is 3.06. The number of benzene rings is 2. The largest absolute Gasteiger partial charge is 1.00 e. The van der Waals surface area contributed by atoms with Gasteiger partial charge in [0.05, 0.1) is 47.0 Å². The van der Waals surface area contributed by atoms with Gasteiger partial charge in [-0.15, -0.1) is 0 Å². The van der Waals surface area contributed by atoms with Gasteiger partial charge in [-0.3, -0.25) is 14.4 Å². The van der Waals surface area contributed by atoms with Gasteiger partial charge in [0.25, 0.3) is 5.91 Å². The molecule has 1 fully saturated rings. The van der Waals surface area contributed by atoms with E-state index in [2.05, 4.69) is 0 Å². The van der Waals surface area contributed by atoms with Crippen LogP contribution in [0.4, 0.5) is 11.4 Å². The van der Waals surface area contributed by atoms with Gasteiger partial charge in [0.15, 0.2) is 5.78 Å². The zero-order valence-electron chi connectivity index (χ0n) is 31.8. The molecule has 286 valence electrons. The number of carbonyl (C=O) groups excluding carboxylic acids is 3. The third-order valence-electron chi connectivity index (χ3n) is 8.37. The summed E-state index contributed by atoms with van der Waals surface area (Å²) in [7, 11) is -19.1. The van der Waals surface area contributed by atoms with Gasteiger partial charge in [-0.2, -0.15) is 0 Å². The summed E-state index contributed by atoms with van der Waals surface area (Å²) in [5.74, 6) is -6.43. The molecule has 2 aliphatic rings. The van der Waals surface area contributed by atoms with E-state index < -0.39 is 109 Å². The number of ketones is 1. The minimum atomic E-state index is -4.88. The summed E-state index contributed by atoms with van der Waals surface area (Å²) in [4.78, 5) is 41.0. The van der Waals surface area contributed by atoms with Crippen LogP contribution in [-0.4, -0.2) is 87.5 Å². The molecule has 0 saturated carbocycles. The van der Waals surface area contributed by atoms with Crippen molar-refractivity contribution in [3.05, 3.63) is 95.8 Å². The van der Waals surface area contributed by atoms with Gasteiger partial charge in [0.1, 0.15) is 26.2 Å². The molecular formula is C32H30N2Na4O15S4. The molecular weight excluding hydrogens is 873 g/mol. The van der Waals surface area contributed by atoms with Crippen molar-refractivity contribution < 1.29 is 184 Å². The van der Waals surface area contributed by atoms with Crippen molar-refractivity contribution in [3.63, 3.8) is 0 Å². The van der Waals surface area contributed by atoms with Gasteiger partial charge in [0, 0.05) is 29.1 Å². The molecule has 1 unspecified atom stereocenters. The van der Waals surface area contributed by atoms with Gasteiger partial charge in [0.2, 0.25) is 5.91 Å². The third-order valence-corrected chi connectivity index (χ3v) is 11.5. The number of nitrogens with zero attached hydrogens (tertiary/aromatic N) is 2. The summed E-state index contributed by atoms with van der Waals surface area (Å²) in [6.07, 6.45) is 7.30. The van der Waals surface area contributed by atoms with Crippen LogP contribution in [0.2, 0.25) is 0 Å². The Labute approximate surface area is 419 Å². The molecule has 0 spiro atoms. The number of anilines is 2. The molecule has 2 aromatic carbocycles. The van der Waals surface area contributed by atoms with E-state index >= 15 is 0 Å². The molecule has 57 heavy (non-hydrogen) atoms. The molecule has 0 bridgehead atoms. The fraction of sp³-hybridized carbons (Fsp3) is 0.281. The molecule has 1 saturated heterocycles. The summed E-state index contributed by atoms with van der Waals surface area (Å²) in [6, 6.07) is 7.27. The van der Waals surface area contributed by atoms with Crippen LogP contribution in [0.25, 0.3) is 0 Å². The van der Waals surface area contributed by atoms with E-state index in [1.807, 2.05) is 0 Å². The summed E-state index contributed by atoms with van der Waals surface area (Å²) < 4.78 is 137. The topological polar surface area (TPSA) is 286 Å². The van der Waals surface area contributed by atoms with E-state index in [-0.39, 0.29) is 130 Å². The van der Waals surface area contributed by atoms with Crippen molar-refractivity contribution in [1.29, 1.82) is 0 Å². The number of amides is 2. The average molecular weight is 903 g/mol. The van der Waals surface area contributed by atoms with Crippen molar-refractivity contribution in [2.45, 2.75) is 41.9 Å². The zero-order valence-corrected chi connectivity index (χ0v) is 43.0. The maximum Gasteiger partial charge on any atom is 1.00 e. The first-order valence-corrected chi connectivity index (χ1v) is 21.3. The number of Topliss-reactive ketones (excluding diaryl/α,β-unsaturated/α-hetero) is 1. The van der Waals surface area contributed by atoms with Crippen molar-refractivity contribution >= 4 is 69.4 Å². The van der Waals surface area contributed by atoms with Crippen LogP contribution < -0.4 is 128 Å². The summed E-state index contributed by atoms with van der Waals surface area (Å²) in [5, 5.41) is 0. The Morgan fingerprint density at radius 3 is 1.70 bits per heavy atom. The maximum absolute atomic E-state index is 13.4. The zero-order chi connectivity index (χ0) is 39.7. The molecule has 0 aliphatic carbocycles. The SMILES string of the molecule is CC1(C)\C(=C/C=C/C=C/C=C2/C(=O)C(CCCS(=O)(=O)[O-])C(=O)N(c3ccc(S(=O)(=O)[O-])cc3)C2=O)N(CCS(=O)(=O)[O-])c2ccc(S(=O)(=O)[O-])cc21.[Na+].[Na+].[Na+].[Na+]. The van der Waals surface area contributed by atoms with Crippen LogP contribution >= 0.6 is 0 Å². The Bertz CT molecular complexity index is 2430. The Morgan fingerprint density at radius 1 is 0.684 bits per heavy atom. The van der Waals surface area contributed by atoms with E-state index in [9.17, 15) is 66.3 Å². The number of hydrogen-bond acceptors (Lipinski definition) is 16. The Hall–Kier alpha value is -0.350. The predicted octanol–water partition coefficient (Wildman–Crippen LogP) is -10.8. The minimum absolute atomic E-state index is 0. The van der Waals surface area contributed by atoms with Crippen LogP contribution in [0.5, 0.6) is 0 Å². The van der Waals surface area contributed by atoms with E-state index in [4.69, 9.17) is 0 Å². The molecule has 4 rings (SSSR count). The second-order valence-corrected chi connectivity index (χ2v) is 18.1. The van der Waals surface area contributed by atoms with E-state index in [1.54, 1.807) is 13.8 Å². The Morgan fingerprint density at radius 2 is 1.19 bits per heavy atom. The smallest absolute Gasteiger partial charge is 0.748 e. The number of carbonyl (C=O) groups is 3. The first-order valence-electron chi connectivity index (χ1n) is 15.3. The summed E-state index contributed by atoms with van der Waals surface area (Å²) in [5.41, 5.74) is -0.553. The fourth-order valence-electron chi connectivity index (χ4n) is 5.84. The van der Waals surface area contributed by atoms with Gasteiger partial charge >= 0.3 is 118 Å². The van der Waals surface area contributed by atoms with Crippen LogP contribution in [0.3, 0.4) is 0 Å². The van der Waals surface area contributed by atoms with Crippen LogP contribution in [-0.2, 0) is 60.3 Å². The first kappa shape index (κ1) is 56.6. The second-order valence-electron chi connectivity index (χ2n) is 12.3.